The van der Waals surface area contributed by atoms with E-state index in [4.69, 9.17) is 0 Å². The van der Waals surface area contributed by atoms with E-state index in [9.17, 15) is 0 Å². The van der Waals surface area contributed by atoms with Gasteiger partial charge in [-0.1, -0.05) is 204 Å². The summed E-state index contributed by atoms with van der Waals surface area (Å²) < 4.78 is 72.8. The maximum Gasteiger partial charge on any atom is 0.189 e. The average molecular weight is 1120 g/mol. The van der Waals surface area contributed by atoms with E-state index in [1.165, 1.54) is 22.3 Å². The lowest BCUT2D eigenvalue weighted by atomic mass is 10.0. The van der Waals surface area contributed by atoms with Crippen LogP contribution in [-0.4, -0.2) is 48.6 Å². The summed E-state index contributed by atoms with van der Waals surface area (Å²) >= 11 is 0. The van der Waals surface area contributed by atoms with E-state index in [0.29, 0.717) is 21.2 Å². The molecular weight excluding hydrogens is 1040 g/mol. The van der Waals surface area contributed by atoms with Crippen LogP contribution in [0.4, 0.5) is 17.6 Å². The normalized spacial score (nSPS) is 19.2. The number of benzene rings is 8. The Morgan fingerprint density at radius 2 is 0.526 bits per heavy atom. The second-order valence-corrected chi connectivity index (χ2v) is 37.3. The molecule has 402 valence electrons. The lowest BCUT2D eigenvalue weighted by Crippen LogP contribution is -2.40. The molecule has 8 aromatic rings. The minimum Gasteiger partial charge on any atom is -0.203 e. The molecule has 0 N–H and O–H groups in total. The van der Waals surface area contributed by atoms with Crippen LogP contribution in [0.2, 0.25) is 0 Å². The fourth-order valence-electron chi connectivity index (χ4n) is 14.1. The van der Waals surface area contributed by atoms with E-state index in [1.54, 1.807) is 48.5 Å². The summed E-state index contributed by atoms with van der Waals surface area (Å²) in [6, 6.07) is 72.3. The van der Waals surface area contributed by atoms with Gasteiger partial charge in [-0.05, 0) is 109 Å². The van der Waals surface area contributed by atoms with Crippen molar-refractivity contribution in [3.63, 3.8) is 0 Å². The molecule has 2 nitrogen and oxygen atoms in total. The maximum absolute atomic E-state index is 16.8. The third-order valence-electron chi connectivity index (χ3n) is 17.9. The molecule has 0 spiro atoms. The SMILES string of the molecule is C[P+](c1ccccc1F)(c1ccccc1F)N(CCCCCCCCN([P+](C)(c1ccccc1F)c1ccccc1F)[P+]1(C)[C@H](c2ccccc2)CC[C@H]1c1ccccc1)[P+]1(C)[C@@H](c2ccccc2)CC[C@@H]1c1ccccc1. The summed E-state index contributed by atoms with van der Waals surface area (Å²) in [5.41, 5.74) is 6.12. The number of hydrogen-bond acceptors (Lipinski definition) is 2. The van der Waals surface area contributed by atoms with Gasteiger partial charge in [-0.15, -0.1) is 0 Å². The number of hydrogen-bond donors (Lipinski definition) is 0. The van der Waals surface area contributed by atoms with E-state index in [0.717, 1.165) is 77.3 Å². The molecule has 0 aromatic heterocycles. The Morgan fingerprint density at radius 3 is 0.756 bits per heavy atom. The van der Waals surface area contributed by atoms with Crippen LogP contribution in [0, 0.1) is 23.3 Å². The third kappa shape index (κ3) is 10.8. The highest BCUT2D eigenvalue weighted by Crippen LogP contribution is 2.91. The lowest BCUT2D eigenvalue weighted by molar-refractivity contribution is 0.531. The van der Waals surface area contributed by atoms with Crippen molar-refractivity contribution in [1.82, 2.24) is 8.88 Å². The zero-order valence-corrected chi connectivity index (χ0v) is 49.4. The molecule has 2 fully saturated rings. The van der Waals surface area contributed by atoms with Crippen molar-refractivity contribution in [3.05, 3.63) is 264 Å². The molecular formula is C68H76F4N2P4+4. The van der Waals surface area contributed by atoms with Gasteiger partial charge in [0.15, 0.2) is 59.3 Å². The third-order valence-corrected chi connectivity index (χ3v) is 39.4. The molecule has 0 radical (unpaired) electrons. The van der Waals surface area contributed by atoms with Crippen LogP contribution in [0.5, 0.6) is 0 Å². The van der Waals surface area contributed by atoms with Crippen molar-refractivity contribution in [3.8, 4) is 0 Å². The van der Waals surface area contributed by atoms with E-state index in [-0.39, 0.29) is 45.9 Å². The Morgan fingerprint density at radius 1 is 0.321 bits per heavy atom. The molecule has 2 saturated heterocycles. The summed E-state index contributed by atoms with van der Waals surface area (Å²) in [5, 5.41) is 2.43. The smallest absolute Gasteiger partial charge is 0.189 e. The second-order valence-electron chi connectivity index (χ2n) is 22.1. The molecule has 10 heteroatoms. The molecule has 0 saturated carbocycles. The first kappa shape index (κ1) is 56.4. The van der Waals surface area contributed by atoms with Crippen LogP contribution in [0.1, 0.15) is 109 Å². The van der Waals surface area contributed by atoms with Gasteiger partial charge in [0.2, 0.25) is 0 Å². The van der Waals surface area contributed by atoms with Gasteiger partial charge in [-0.3, -0.25) is 0 Å². The van der Waals surface area contributed by atoms with E-state index < -0.39 is 29.7 Å². The summed E-state index contributed by atoms with van der Waals surface area (Å²) in [6.45, 7) is 10.9. The second kappa shape index (κ2) is 24.9. The first-order chi connectivity index (χ1) is 37.9. The number of halogens is 4. The number of unbranched alkanes of at least 4 members (excludes halogenated alkanes) is 5. The fourth-order valence-corrected chi connectivity index (χ4v) is 38.1. The molecule has 0 amide bonds. The Balaban J connectivity index is 0.975. The van der Waals surface area contributed by atoms with E-state index in [1.807, 2.05) is 48.5 Å². The number of rotatable bonds is 21. The van der Waals surface area contributed by atoms with Crippen LogP contribution in [-0.2, 0) is 0 Å². The van der Waals surface area contributed by atoms with Crippen LogP contribution in [0.15, 0.2) is 218 Å². The topological polar surface area (TPSA) is 6.48 Å². The lowest BCUT2D eigenvalue weighted by Gasteiger charge is -2.43. The fraction of sp³-hybridized carbons (Fsp3) is 0.294. The van der Waals surface area contributed by atoms with Crippen molar-refractivity contribution < 1.29 is 17.6 Å². The summed E-state index contributed by atoms with van der Waals surface area (Å²) in [5.74, 6) is -1.12. The molecule has 8 aromatic carbocycles. The van der Waals surface area contributed by atoms with E-state index >= 15 is 17.6 Å². The van der Waals surface area contributed by atoms with Gasteiger partial charge >= 0.3 is 0 Å². The van der Waals surface area contributed by atoms with Crippen molar-refractivity contribution in [2.75, 3.05) is 39.7 Å². The van der Waals surface area contributed by atoms with Gasteiger partial charge in [0.1, 0.15) is 37.5 Å². The highest BCUT2D eigenvalue weighted by molar-refractivity contribution is 7.96. The zero-order valence-electron chi connectivity index (χ0n) is 45.8. The monoisotopic (exact) mass is 1120 g/mol. The highest BCUT2D eigenvalue weighted by atomic mass is 31.3. The molecule has 0 unspecified atom stereocenters. The Hall–Kier alpha value is -4.88. The van der Waals surface area contributed by atoms with Gasteiger partial charge in [0.05, 0.1) is 39.7 Å². The molecule has 4 atom stereocenters. The standard InChI is InChI=1S/C68H76F4N2P4/c1-75(61(53-31-13-9-14-32-53)47-48-62(75)54-33-15-10-16-34-54)73(77(3,65-43-25-21-39-57(65)69)66-44-26-22-40-58(66)70)51-29-7-5-6-8-30-52-74(78(4,67-45-27-23-41-59(67)71)68-46-28-24-42-60(68)72)76(2)63(55-35-17-11-18-36-55)49-50-64(76)56-37-19-12-20-38-56/h9-28,31-46,61-64H,5-8,29-30,47-52H2,1-4H3/q+4/t61-,62-,63+,64+. The van der Waals surface area contributed by atoms with Crippen LogP contribution in [0.3, 0.4) is 0 Å². The molecule has 10 rings (SSSR count). The average Bonchev–Trinajstić information content (AvgIpc) is 4.16. The molecule has 2 aliphatic rings. The predicted molar refractivity (Wildman–Crippen MR) is 332 cm³/mol. The Labute approximate surface area is 465 Å². The van der Waals surface area contributed by atoms with Gasteiger partial charge in [0, 0.05) is 0 Å². The van der Waals surface area contributed by atoms with Crippen molar-refractivity contribution >= 4 is 50.9 Å². The Bertz CT molecular complexity index is 2820. The van der Waals surface area contributed by atoms with E-state index in [2.05, 4.69) is 157 Å². The van der Waals surface area contributed by atoms with Crippen molar-refractivity contribution in [2.45, 2.75) is 86.8 Å². The zero-order chi connectivity index (χ0) is 54.3. The van der Waals surface area contributed by atoms with Crippen molar-refractivity contribution in [1.29, 1.82) is 0 Å². The first-order valence-electron chi connectivity index (χ1n) is 28.1. The minimum absolute atomic E-state index is 0.222. The molecule has 2 aliphatic heterocycles. The minimum atomic E-state index is -2.93. The predicted octanol–water partition coefficient (Wildman–Crippen LogP) is 18.6. The van der Waals surface area contributed by atoms with Crippen LogP contribution < -0.4 is 21.2 Å². The number of nitrogens with zero attached hydrogens (tertiary/aromatic N) is 2. The molecule has 78 heavy (non-hydrogen) atoms. The van der Waals surface area contributed by atoms with Crippen molar-refractivity contribution in [2.24, 2.45) is 0 Å². The largest absolute Gasteiger partial charge is 0.203 e. The molecule has 0 aliphatic carbocycles. The highest BCUT2D eigenvalue weighted by Gasteiger charge is 2.70. The van der Waals surface area contributed by atoms with Gasteiger partial charge in [-0.25, -0.2) is 17.6 Å². The summed E-state index contributed by atoms with van der Waals surface area (Å²) in [7, 11) is -10.5. The van der Waals surface area contributed by atoms with Crippen LogP contribution in [0.25, 0.3) is 0 Å². The summed E-state index contributed by atoms with van der Waals surface area (Å²) in [4.78, 5) is 0. The molecule has 0 bridgehead atoms. The summed E-state index contributed by atoms with van der Waals surface area (Å²) in [6.07, 6.45) is 9.72. The van der Waals surface area contributed by atoms with Crippen LogP contribution >= 0.6 is 29.7 Å². The maximum atomic E-state index is 16.8. The Kier molecular flexibility index (Phi) is 18.0. The first-order valence-corrected chi connectivity index (χ1v) is 37.2. The quantitative estimate of drug-likeness (QED) is 0.0402. The van der Waals surface area contributed by atoms with Gasteiger partial charge in [-0.2, -0.15) is 0 Å². The molecule has 2 heterocycles. The van der Waals surface area contributed by atoms with Gasteiger partial charge in [0.25, 0.3) is 0 Å². The van der Waals surface area contributed by atoms with Gasteiger partial charge < -0.3 is 0 Å².